The van der Waals surface area contributed by atoms with Crippen molar-refractivity contribution in [2.45, 2.75) is 19.8 Å². The van der Waals surface area contributed by atoms with Crippen LogP contribution in [0.5, 0.6) is 0 Å². The maximum absolute atomic E-state index is 11.6. The number of hydrogen-bond donors (Lipinski definition) is 1. The summed E-state index contributed by atoms with van der Waals surface area (Å²) in [6, 6.07) is 7.07. The summed E-state index contributed by atoms with van der Waals surface area (Å²) in [6.45, 7) is 4.16. The Morgan fingerprint density at radius 2 is 2.12 bits per heavy atom. The first-order valence-corrected chi connectivity index (χ1v) is 8.06. The van der Waals surface area contributed by atoms with Crippen LogP contribution in [0.1, 0.15) is 30.1 Å². The van der Waals surface area contributed by atoms with Crippen LogP contribution in [0.15, 0.2) is 30.5 Å². The molecule has 0 aliphatic carbocycles. The molecule has 1 aromatic carbocycles. The van der Waals surface area contributed by atoms with Crippen LogP contribution in [0.25, 0.3) is 0 Å². The highest BCUT2D eigenvalue weighted by molar-refractivity contribution is 5.90. The second-order valence-electron chi connectivity index (χ2n) is 6.01. The quantitative estimate of drug-likeness (QED) is 0.865. The predicted octanol–water partition coefficient (Wildman–Crippen LogP) is 2.64. The number of ether oxygens (including phenoxy) is 1. The predicted molar refractivity (Wildman–Crippen MR) is 91.5 cm³/mol. The van der Waals surface area contributed by atoms with Gasteiger partial charge in [-0.25, -0.2) is 4.79 Å². The Labute approximate surface area is 141 Å². The van der Waals surface area contributed by atoms with Crippen LogP contribution >= 0.6 is 0 Å². The van der Waals surface area contributed by atoms with E-state index in [1.165, 1.54) is 7.11 Å². The molecule has 1 aromatic heterocycles. The molecule has 1 fully saturated rings. The van der Waals surface area contributed by atoms with E-state index in [0.717, 1.165) is 37.5 Å². The fourth-order valence-electron chi connectivity index (χ4n) is 2.69. The molecule has 2 aromatic rings. The average Bonchev–Trinajstić information content (AvgIpc) is 2.62. The Hall–Kier alpha value is -2.70. The van der Waals surface area contributed by atoms with E-state index in [0.29, 0.717) is 17.3 Å². The first-order chi connectivity index (χ1) is 11.7. The lowest BCUT2D eigenvalue weighted by Crippen LogP contribution is -2.34. The van der Waals surface area contributed by atoms with E-state index in [-0.39, 0.29) is 5.97 Å². The normalized spacial score (nSPS) is 15.2. The number of hydrogen-bond acceptors (Lipinski definition) is 7. The Morgan fingerprint density at radius 3 is 2.88 bits per heavy atom. The zero-order chi connectivity index (χ0) is 16.9. The SMILES string of the molecule is COC(=O)c1cccc(Nc2cnnc(N3CCC(C)CC3)n2)c1. The maximum Gasteiger partial charge on any atom is 0.337 e. The van der Waals surface area contributed by atoms with E-state index < -0.39 is 0 Å². The summed E-state index contributed by atoms with van der Waals surface area (Å²) in [5.74, 6) is 1.61. The molecule has 126 valence electrons. The fourth-order valence-corrected chi connectivity index (χ4v) is 2.69. The molecule has 3 rings (SSSR count). The maximum atomic E-state index is 11.6. The summed E-state index contributed by atoms with van der Waals surface area (Å²) >= 11 is 0. The highest BCUT2D eigenvalue weighted by atomic mass is 16.5. The van der Waals surface area contributed by atoms with Gasteiger partial charge in [-0.05, 0) is 37.0 Å². The van der Waals surface area contributed by atoms with Gasteiger partial charge in [-0.15, -0.1) is 5.10 Å². The van der Waals surface area contributed by atoms with E-state index in [1.807, 2.05) is 6.07 Å². The van der Waals surface area contributed by atoms with Crippen molar-refractivity contribution < 1.29 is 9.53 Å². The number of methoxy groups -OCH3 is 1. The minimum absolute atomic E-state index is 0.373. The van der Waals surface area contributed by atoms with Crippen molar-refractivity contribution in [3.63, 3.8) is 0 Å². The molecule has 0 unspecified atom stereocenters. The average molecular weight is 327 g/mol. The Balaban J connectivity index is 1.74. The van der Waals surface area contributed by atoms with Gasteiger partial charge in [0.05, 0.1) is 18.9 Å². The number of anilines is 3. The van der Waals surface area contributed by atoms with Gasteiger partial charge in [-0.1, -0.05) is 13.0 Å². The molecule has 24 heavy (non-hydrogen) atoms. The number of esters is 1. The van der Waals surface area contributed by atoms with Gasteiger partial charge in [-0.3, -0.25) is 0 Å². The second kappa shape index (κ2) is 7.25. The fraction of sp³-hybridized carbons (Fsp3) is 0.412. The number of benzene rings is 1. The lowest BCUT2D eigenvalue weighted by atomic mass is 10.00. The van der Waals surface area contributed by atoms with Crippen LogP contribution in [0, 0.1) is 5.92 Å². The summed E-state index contributed by atoms with van der Waals surface area (Å²) in [4.78, 5) is 18.3. The number of rotatable bonds is 4. The number of nitrogens with zero attached hydrogens (tertiary/aromatic N) is 4. The molecule has 1 aliphatic heterocycles. The number of aromatic nitrogens is 3. The summed E-state index contributed by atoms with van der Waals surface area (Å²) in [7, 11) is 1.36. The lowest BCUT2D eigenvalue weighted by molar-refractivity contribution is 0.0601. The Morgan fingerprint density at radius 1 is 1.33 bits per heavy atom. The molecular formula is C17H21N5O2. The van der Waals surface area contributed by atoms with Crippen LogP contribution in [0.4, 0.5) is 17.5 Å². The van der Waals surface area contributed by atoms with E-state index in [4.69, 9.17) is 4.74 Å². The molecule has 0 bridgehead atoms. The van der Waals surface area contributed by atoms with Crippen molar-refractivity contribution in [1.29, 1.82) is 0 Å². The van der Waals surface area contributed by atoms with Gasteiger partial charge in [0.2, 0.25) is 5.95 Å². The molecule has 1 saturated heterocycles. The van der Waals surface area contributed by atoms with E-state index in [2.05, 4.69) is 32.3 Å². The minimum atomic E-state index is -0.373. The van der Waals surface area contributed by atoms with Crippen molar-refractivity contribution in [3.05, 3.63) is 36.0 Å². The van der Waals surface area contributed by atoms with Crippen LogP contribution in [0.3, 0.4) is 0 Å². The molecule has 1 N–H and O–H groups in total. The third-order valence-electron chi connectivity index (χ3n) is 4.17. The molecule has 0 spiro atoms. The summed E-state index contributed by atoms with van der Waals surface area (Å²) in [6.07, 6.45) is 3.85. The molecule has 1 aliphatic rings. The zero-order valence-electron chi connectivity index (χ0n) is 13.9. The van der Waals surface area contributed by atoms with E-state index >= 15 is 0 Å². The third-order valence-corrected chi connectivity index (χ3v) is 4.17. The molecule has 2 heterocycles. The highest BCUT2D eigenvalue weighted by Gasteiger charge is 2.18. The zero-order valence-corrected chi connectivity index (χ0v) is 13.9. The molecule has 0 saturated carbocycles. The van der Waals surface area contributed by atoms with Gasteiger partial charge in [0, 0.05) is 18.8 Å². The lowest BCUT2D eigenvalue weighted by Gasteiger charge is -2.29. The monoisotopic (exact) mass is 327 g/mol. The molecule has 7 nitrogen and oxygen atoms in total. The molecular weight excluding hydrogens is 306 g/mol. The smallest absolute Gasteiger partial charge is 0.337 e. The minimum Gasteiger partial charge on any atom is -0.465 e. The number of carbonyl (C=O) groups is 1. The molecule has 0 amide bonds. The summed E-state index contributed by atoms with van der Waals surface area (Å²) in [5, 5.41) is 11.3. The van der Waals surface area contributed by atoms with Crippen LogP contribution in [-0.2, 0) is 4.74 Å². The topological polar surface area (TPSA) is 80.2 Å². The first-order valence-electron chi connectivity index (χ1n) is 8.06. The van der Waals surface area contributed by atoms with E-state index in [9.17, 15) is 4.79 Å². The Kier molecular flexibility index (Phi) is 4.88. The number of nitrogens with one attached hydrogen (secondary N) is 1. The standard InChI is InChI=1S/C17H21N5O2/c1-12-6-8-22(9-7-12)17-20-15(11-18-21-17)19-14-5-3-4-13(10-14)16(23)24-2/h3-5,10-12H,6-9H2,1-2H3,(H,19,20,21). The van der Waals surface area contributed by atoms with E-state index in [1.54, 1.807) is 24.4 Å². The van der Waals surface area contributed by atoms with Gasteiger partial charge < -0.3 is 15.0 Å². The first kappa shape index (κ1) is 16.2. The third kappa shape index (κ3) is 3.79. The van der Waals surface area contributed by atoms with Crippen molar-refractivity contribution in [3.8, 4) is 0 Å². The molecule has 0 atom stereocenters. The summed E-state index contributed by atoms with van der Waals surface area (Å²) < 4.78 is 4.74. The van der Waals surface area contributed by atoms with Crippen molar-refractivity contribution >= 4 is 23.4 Å². The van der Waals surface area contributed by atoms with Crippen molar-refractivity contribution in [2.24, 2.45) is 5.92 Å². The number of carbonyl (C=O) groups excluding carboxylic acids is 1. The largest absolute Gasteiger partial charge is 0.465 e. The summed E-state index contributed by atoms with van der Waals surface area (Å²) in [5.41, 5.74) is 1.23. The van der Waals surface area contributed by atoms with Gasteiger partial charge >= 0.3 is 5.97 Å². The van der Waals surface area contributed by atoms with Gasteiger partial charge in [-0.2, -0.15) is 10.1 Å². The van der Waals surface area contributed by atoms with Crippen molar-refractivity contribution in [2.75, 3.05) is 30.4 Å². The Bertz CT molecular complexity index is 714. The highest BCUT2D eigenvalue weighted by Crippen LogP contribution is 2.21. The van der Waals surface area contributed by atoms with Crippen molar-refractivity contribution in [1.82, 2.24) is 15.2 Å². The second-order valence-corrected chi connectivity index (χ2v) is 6.01. The number of piperidine rings is 1. The van der Waals surface area contributed by atoms with Gasteiger partial charge in [0.15, 0.2) is 5.82 Å². The van der Waals surface area contributed by atoms with Gasteiger partial charge in [0.25, 0.3) is 0 Å². The molecule has 7 heteroatoms. The van der Waals surface area contributed by atoms with Crippen LogP contribution < -0.4 is 10.2 Å². The van der Waals surface area contributed by atoms with Crippen LogP contribution in [-0.4, -0.2) is 41.3 Å². The van der Waals surface area contributed by atoms with Crippen LogP contribution in [0.2, 0.25) is 0 Å². The van der Waals surface area contributed by atoms with Gasteiger partial charge in [0.1, 0.15) is 0 Å². The molecule has 0 radical (unpaired) electrons.